The van der Waals surface area contributed by atoms with Gasteiger partial charge in [0.2, 0.25) is 0 Å². The summed E-state index contributed by atoms with van der Waals surface area (Å²) in [5.74, 6) is 0.577. The van der Waals surface area contributed by atoms with Crippen molar-refractivity contribution in [2.24, 2.45) is 5.41 Å². The van der Waals surface area contributed by atoms with Gasteiger partial charge >= 0.3 is 13.1 Å². The van der Waals surface area contributed by atoms with Crippen molar-refractivity contribution in [2.75, 3.05) is 6.61 Å². The van der Waals surface area contributed by atoms with E-state index in [1.165, 1.54) is 0 Å². The van der Waals surface area contributed by atoms with E-state index in [0.29, 0.717) is 26.2 Å². The Morgan fingerprint density at radius 3 is 2.23 bits per heavy atom. The molecule has 9 heteroatoms. The number of fused-ring (bicyclic) bond motifs is 1. The zero-order valence-electron chi connectivity index (χ0n) is 29.6. The number of benzene rings is 2. The molecule has 0 amide bonds. The Bertz CT molecular complexity index is 1690. The van der Waals surface area contributed by atoms with Crippen molar-refractivity contribution < 1.29 is 23.6 Å². The van der Waals surface area contributed by atoms with E-state index in [2.05, 4.69) is 94.4 Å². The Morgan fingerprint density at radius 2 is 1.64 bits per heavy atom. The minimum atomic E-state index is -0.728. The number of hydrogen-bond acceptors (Lipinski definition) is 7. The largest absolute Gasteiger partial charge is 0.494 e. The molecular weight excluding hydrogens is 607 g/mol. The van der Waals surface area contributed by atoms with Gasteiger partial charge < -0.3 is 23.3 Å². The summed E-state index contributed by atoms with van der Waals surface area (Å²) in [5.41, 5.74) is 3.67. The van der Waals surface area contributed by atoms with Crippen LogP contribution in [0.4, 0.5) is 0 Å². The third-order valence-electron chi connectivity index (χ3n) is 8.90. The lowest BCUT2D eigenvalue weighted by atomic mass is 9.79. The molecule has 2 aromatic carbocycles. The topological polar surface area (TPSA) is 71.8 Å². The van der Waals surface area contributed by atoms with Gasteiger partial charge in [-0.25, -0.2) is 0 Å². The number of hydrogen-bond donors (Lipinski definition) is 0. The Balaban J connectivity index is 1.56. The van der Waals surface area contributed by atoms with Gasteiger partial charge in [0.1, 0.15) is 12.4 Å². The number of carbonyl (C=O) groups excluding carboxylic acids is 1. The van der Waals surface area contributed by atoms with Crippen LogP contribution in [0.25, 0.3) is 10.9 Å². The molecule has 0 atom stereocenters. The van der Waals surface area contributed by atoms with Gasteiger partial charge in [0, 0.05) is 45.4 Å². The molecule has 1 saturated heterocycles. The van der Waals surface area contributed by atoms with Crippen molar-refractivity contribution >= 4 is 41.2 Å². The van der Waals surface area contributed by atoms with Gasteiger partial charge in [-0.15, -0.1) is 11.8 Å². The number of pyridine rings is 1. The number of ether oxygens (including phenoxy) is 2. The zero-order valence-corrected chi connectivity index (χ0v) is 30.4. The molecule has 0 radical (unpaired) electrons. The van der Waals surface area contributed by atoms with E-state index in [9.17, 15) is 4.79 Å². The van der Waals surface area contributed by atoms with Gasteiger partial charge in [-0.2, -0.15) is 0 Å². The fourth-order valence-corrected chi connectivity index (χ4v) is 6.81. The number of esters is 1. The third kappa shape index (κ3) is 7.90. The Labute approximate surface area is 284 Å². The quantitative estimate of drug-likeness (QED) is 0.0921. The summed E-state index contributed by atoms with van der Waals surface area (Å²) < 4.78 is 26.7. The standard InChI is InChI=1S/C38H49BN2O5S/c1-11-43-34(42)36(5,6)23-32-33(47-35(2,3)4)30-22-29(44-25-28-14-12-13-21-40-28)19-20-31(30)41(32)24-26-15-17-27(18-16-26)39-45-37(7,8)38(9,10)46-39/h12-22H,11,23-25H2,1-10H3. The van der Waals surface area contributed by atoms with Crippen molar-refractivity contribution in [2.45, 2.75) is 110 Å². The summed E-state index contributed by atoms with van der Waals surface area (Å²) in [4.78, 5) is 18.8. The molecule has 5 rings (SSSR count). The van der Waals surface area contributed by atoms with E-state index in [4.69, 9.17) is 18.8 Å². The van der Waals surface area contributed by atoms with Crippen LogP contribution in [-0.4, -0.2) is 45.2 Å². The second-order valence-electron chi connectivity index (χ2n) is 15.0. The fraction of sp³-hybridized carbons (Fsp3) is 0.474. The van der Waals surface area contributed by atoms with Gasteiger partial charge in [-0.1, -0.05) is 51.1 Å². The van der Waals surface area contributed by atoms with Crippen molar-refractivity contribution in [3.05, 3.63) is 83.8 Å². The molecule has 0 spiro atoms. The van der Waals surface area contributed by atoms with E-state index >= 15 is 0 Å². The van der Waals surface area contributed by atoms with Crippen LogP contribution < -0.4 is 10.2 Å². The summed E-state index contributed by atoms with van der Waals surface area (Å²) in [6.45, 7) is 22.1. The van der Waals surface area contributed by atoms with E-state index in [-0.39, 0.29) is 10.7 Å². The minimum Gasteiger partial charge on any atom is -0.487 e. The molecule has 7 nitrogen and oxygen atoms in total. The fourth-order valence-electron chi connectivity index (χ4n) is 5.62. The molecular formula is C38H49BN2O5S. The van der Waals surface area contributed by atoms with Crippen LogP contribution in [0.5, 0.6) is 5.75 Å². The molecule has 1 aliphatic heterocycles. The number of aromatic nitrogens is 2. The molecule has 47 heavy (non-hydrogen) atoms. The van der Waals surface area contributed by atoms with Gasteiger partial charge in [-0.3, -0.25) is 9.78 Å². The summed E-state index contributed by atoms with van der Waals surface area (Å²) in [7, 11) is -0.415. The van der Waals surface area contributed by atoms with Crippen LogP contribution in [0.3, 0.4) is 0 Å². The van der Waals surface area contributed by atoms with Crippen LogP contribution in [-0.2, 0) is 38.4 Å². The molecule has 250 valence electrons. The SMILES string of the molecule is CCOC(=O)C(C)(C)Cc1c(SC(C)(C)C)c2cc(OCc3ccccn3)ccc2n1Cc1ccc(B2OC(C)(C)C(C)(C)O2)cc1. The first-order valence-electron chi connectivity index (χ1n) is 16.5. The number of nitrogens with zero attached hydrogens (tertiary/aromatic N) is 2. The summed E-state index contributed by atoms with van der Waals surface area (Å²) >= 11 is 1.82. The van der Waals surface area contributed by atoms with Crippen molar-refractivity contribution in [3.8, 4) is 5.75 Å². The van der Waals surface area contributed by atoms with Crippen LogP contribution in [0.15, 0.2) is 71.8 Å². The molecule has 0 N–H and O–H groups in total. The average Bonchev–Trinajstić information content (AvgIpc) is 3.38. The van der Waals surface area contributed by atoms with E-state index in [1.807, 2.05) is 56.8 Å². The molecule has 1 aliphatic rings. The Morgan fingerprint density at radius 1 is 0.957 bits per heavy atom. The molecule has 2 aromatic heterocycles. The molecule has 0 bridgehead atoms. The van der Waals surface area contributed by atoms with Crippen LogP contribution in [0.1, 0.15) is 86.2 Å². The van der Waals surface area contributed by atoms with E-state index in [1.54, 1.807) is 6.20 Å². The minimum absolute atomic E-state index is 0.0722. The van der Waals surface area contributed by atoms with E-state index < -0.39 is 23.7 Å². The molecule has 0 unspecified atom stereocenters. The number of carbonyl (C=O) groups is 1. The Kier molecular flexibility index (Phi) is 9.94. The van der Waals surface area contributed by atoms with Gasteiger partial charge in [0.15, 0.2) is 0 Å². The first-order chi connectivity index (χ1) is 22.0. The average molecular weight is 657 g/mol. The highest BCUT2D eigenvalue weighted by molar-refractivity contribution is 8.00. The normalized spacial score (nSPS) is 16.1. The molecule has 4 aromatic rings. The lowest BCUT2D eigenvalue weighted by Gasteiger charge is -2.32. The summed E-state index contributed by atoms with van der Waals surface area (Å²) in [6.07, 6.45) is 2.30. The summed E-state index contributed by atoms with van der Waals surface area (Å²) in [5, 5.41) is 1.10. The van der Waals surface area contributed by atoms with Gasteiger partial charge in [0.05, 0.1) is 28.9 Å². The zero-order chi connectivity index (χ0) is 34.2. The van der Waals surface area contributed by atoms with Crippen LogP contribution >= 0.6 is 11.8 Å². The molecule has 0 aliphatic carbocycles. The monoisotopic (exact) mass is 656 g/mol. The lowest BCUT2D eigenvalue weighted by Crippen LogP contribution is -2.41. The highest BCUT2D eigenvalue weighted by atomic mass is 32.2. The van der Waals surface area contributed by atoms with Crippen molar-refractivity contribution in [3.63, 3.8) is 0 Å². The predicted molar refractivity (Wildman–Crippen MR) is 191 cm³/mol. The van der Waals surface area contributed by atoms with E-state index in [0.717, 1.165) is 44.0 Å². The van der Waals surface area contributed by atoms with Crippen LogP contribution in [0.2, 0.25) is 0 Å². The second-order valence-corrected chi connectivity index (χ2v) is 16.8. The molecule has 3 heterocycles. The van der Waals surface area contributed by atoms with Gasteiger partial charge in [0.25, 0.3) is 0 Å². The molecule has 0 saturated carbocycles. The highest BCUT2D eigenvalue weighted by Crippen LogP contribution is 2.44. The first-order valence-corrected chi connectivity index (χ1v) is 17.3. The maximum Gasteiger partial charge on any atom is 0.494 e. The maximum atomic E-state index is 13.2. The van der Waals surface area contributed by atoms with Gasteiger partial charge in [-0.05, 0) is 89.8 Å². The second kappa shape index (κ2) is 13.3. The van der Waals surface area contributed by atoms with Crippen molar-refractivity contribution in [1.29, 1.82) is 0 Å². The Hall–Kier alpha value is -3.27. The molecule has 1 fully saturated rings. The van der Waals surface area contributed by atoms with Crippen LogP contribution in [0, 0.1) is 5.41 Å². The third-order valence-corrected chi connectivity index (χ3v) is 10.2. The highest BCUT2D eigenvalue weighted by Gasteiger charge is 2.51. The summed E-state index contributed by atoms with van der Waals surface area (Å²) in [6, 6.07) is 20.6. The first kappa shape index (κ1) is 35.1. The number of thioether (sulfide) groups is 1. The number of rotatable bonds is 11. The predicted octanol–water partition coefficient (Wildman–Crippen LogP) is 7.99. The lowest BCUT2D eigenvalue weighted by molar-refractivity contribution is -0.153. The smallest absolute Gasteiger partial charge is 0.487 e. The maximum absolute atomic E-state index is 13.2. The van der Waals surface area contributed by atoms with Crippen molar-refractivity contribution in [1.82, 2.24) is 9.55 Å².